The number of halogens is 2. The van der Waals surface area contributed by atoms with Crippen molar-refractivity contribution in [2.45, 2.75) is 22.8 Å². The van der Waals surface area contributed by atoms with Crippen LogP contribution in [0.15, 0.2) is 82.6 Å². The molecule has 0 amide bonds. The van der Waals surface area contributed by atoms with E-state index < -0.39 is 12.1 Å². The molecule has 0 aromatic heterocycles. The van der Waals surface area contributed by atoms with Gasteiger partial charge in [-0.15, -0.1) is 0 Å². The van der Waals surface area contributed by atoms with Crippen LogP contribution in [0.4, 0.5) is 4.39 Å². The van der Waals surface area contributed by atoms with Gasteiger partial charge in [0.05, 0.1) is 6.61 Å². The molecule has 28 heavy (non-hydrogen) atoms. The lowest BCUT2D eigenvalue weighted by molar-refractivity contribution is -0.151. The van der Waals surface area contributed by atoms with Gasteiger partial charge in [0.25, 0.3) is 0 Å². The third-order valence-electron chi connectivity index (χ3n) is 3.80. The third-order valence-corrected chi connectivity index (χ3v) is 5.07. The predicted molar refractivity (Wildman–Crippen MR) is 108 cm³/mol. The number of esters is 1. The fraction of sp³-hybridized carbons (Fsp3) is 0.136. The SMILES string of the molecule is CCOC(=O)C(Oc1ccc(F)cc1)c1ccc(Sc2ccc(Cl)cc2)cc1. The first-order valence-electron chi connectivity index (χ1n) is 8.67. The van der Waals surface area contributed by atoms with Crippen LogP contribution in [0.3, 0.4) is 0 Å². The van der Waals surface area contributed by atoms with E-state index in [4.69, 9.17) is 21.1 Å². The molecule has 0 aliphatic carbocycles. The third kappa shape index (κ3) is 5.50. The molecule has 0 N–H and O–H groups in total. The molecule has 0 saturated carbocycles. The molecule has 0 spiro atoms. The van der Waals surface area contributed by atoms with Crippen molar-refractivity contribution in [2.75, 3.05) is 6.61 Å². The molecule has 0 heterocycles. The summed E-state index contributed by atoms with van der Waals surface area (Å²) >= 11 is 7.50. The Bertz CT molecular complexity index is 912. The second-order valence-electron chi connectivity index (χ2n) is 5.83. The number of carbonyl (C=O) groups is 1. The summed E-state index contributed by atoms with van der Waals surface area (Å²) in [6.45, 7) is 1.98. The van der Waals surface area contributed by atoms with Crippen LogP contribution in [0.5, 0.6) is 5.75 Å². The highest BCUT2D eigenvalue weighted by molar-refractivity contribution is 7.99. The van der Waals surface area contributed by atoms with Gasteiger partial charge in [0.2, 0.25) is 6.10 Å². The summed E-state index contributed by atoms with van der Waals surface area (Å²) < 4.78 is 24.0. The van der Waals surface area contributed by atoms with Gasteiger partial charge in [0.15, 0.2) is 0 Å². The first kappa shape index (κ1) is 20.2. The molecular formula is C22H18ClFO3S. The van der Waals surface area contributed by atoms with Crippen LogP contribution in [0.1, 0.15) is 18.6 Å². The largest absolute Gasteiger partial charge is 0.474 e. The fourth-order valence-electron chi connectivity index (χ4n) is 2.47. The number of hydrogen-bond donors (Lipinski definition) is 0. The van der Waals surface area contributed by atoms with Crippen LogP contribution in [-0.2, 0) is 9.53 Å². The van der Waals surface area contributed by atoms with Crippen molar-refractivity contribution in [3.63, 3.8) is 0 Å². The quantitative estimate of drug-likeness (QED) is 0.422. The normalized spacial score (nSPS) is 11.7. The maximum Gasteiger partial charge on any atom is 0.352 e. The smallest absolute Gasteiger partial charge is 0.352 e. The Hall–Kier alpha value is -2.50. The molecule has 0 fully saturated rings. The molecule has 0 radical (unpaired) electrons. The van der Waals surface area contributed by atoms with Gasteiger partial charge in [-0.1, -0.05) is 35.5 Å². The highest BCUT2D eigenvalue weighted by Crippen LogP contribution is 2.31. The van der Waals surface area contributed by atoms with Gasteiger partial charge in [0.1, 0.15) is 11.6 Å². The summed E-state index contributed by atoms with van der Waals surface area (Å²) in [6, 6.07) is 20.6. The maximum absolute atomic E-state index is 13.1. The lowest BCUT2D eigenvalue weighted by Crippen LogP contribution is -2.21. The van der Waals surface area contributed by atoms with E-state index in [-0.39, 0.29) is 12.4 Å². The van der Waals surface area contributed by atoms with Crippen LogP contribution in [0.25, 0.3) is 0 Å². The standard InChI is InChI=1S/C22H18ClFO3S/c1-2-26-22(25)21(27-18-9-7-17(24)8-10-18)15-3-11-19(12-4-15)28-20-13-5-16(23)6-14-20/h3-14,21H,2H2,1H3. The average molecular weight is 417 g/mol. The van der Waals surface area contributed by atoms with Crippen molar-refractivity contribution in [3.8, 4) is 5.75 Å². The van der Waals surface area contributed by atoms with E-state index >= 15 is 0 Å². The number of benzene rings is 3. The molecule has 1 atom stereocenters. The monoisotopic (exact) mass is 416 g/mol. The van der Waals surface area contributed by atoms with Crippen LogP contribution in [0.2, 0.25) is 5.02 Å². The van der Waals surface area contributed by atoms with Gasteiger partial charge < -0.3 is 9.47 Å². The van der Waals surface area contributed by atoms with E-state index in [0.29, 0.717) is 16.3 Å². The zero-order valence-electron chi connectivity index (χ0n) is 15.1. The first-order valence-corrected chi connectivity index (χ1v) is 9.87. The summed E-state index contributed by atoms with van der Waals surface area (Å²) in [5, 5.41) is 0.690. The van der Waals surface area contributed by atoms with Crippen molar-refractivity contribution >= 4 is 29.3 Å². The molecular weight excluding hydrogens is 399 g/mol. The number of hydrogen-bond acceptors (Lipinski definition) is 4. The van der Waals surface area contributed by atoms with Crippen LogP contribution < -0.4 is 4.74 Å². The summed E-state index contributed by atoms with van der Waals surface area (Å²) in [5.74, 6) is -0.479. The van der Waals surface area contributed by atoms with E-state index in [0.717, 1.165) is 9.79 Å². The topological polar surface area (TPSA) is 35.5 Å². The summed E-state index contributed by atoms with van der Waals surface area (Å²) in [7, 11) is 0. The minimum Gasteiger partial charge on any atom is -0.474 e. The van der Waals surface area contributed by atoms with E-state index in [2.05, 4.69) is 0 Å². The van der Waals surface area contributed by atoms with Crippen LogP contribution >= 0.6 is 23.4 Å². The number of carbonyl (C=O) groups excluding carboxylic acids is 1. The lowest BCUT2D eigenvalue weighted by atomic mass is 10.1. The van der Waals surface area contributed by atoms with Gasteiger partial charge >= 0.3 is 5.97 Å². The van der Waals surface area contributed by atoms with Gasteiger partial charge in [-0.25, -0.2) is 9.18 Å². The Kier molecular flexibility index (Phi) is 6.95. The molecule has 0 bridgehead atoms. The van der Waals surface area contributed by atoms with Crippen molar-refractivity contribution < 1.29 is 18.7 Å². The molecule has 0 aliphatic heterocycles. The maximum atomic E-state index is 13.1. The molecule has 3 rings (SSSR count). The Morgan fingerprint density at radius 1 is 0.964 bits per heavy atom. The minimum absolute atomic E-state index is 0.243. The minimum atomic E-state index is -0.931. The Balaban J connectivity index is 1.78. The zero-order valence-corrected chi connectivity index (χ0v) is 16.7. The molecule has 3 nitrogen and oxygen atoms in total. The molecule has 144 valence electrons. The fourth-order valence-corrected chi connectivity index (χ4v) is 3.41. The van der Waals surface area contributed by atoms with Crippen molar-refractivity contribution in [2.24, 2.45) is 0 Å². The van der Waals surface area contributed by atoms with E-state index in [1.807, 2.05) is 48.5 Å². The van der Waals surface area contributed by atoms with Crippen molar-refractivity contribution in [3.05, 3.63) is 89.2 Å². The Labute approximate surface area is 172 Å². The second kappa shape index (κ2) is 9.62. The molecule has 3 aromatic carbocycles. The summed E-state index contributed by atoms with van der Waals surface area (Å²) in [6.07, 6.45) is -0.931. The van der Waals surface area contributed by atoms with Crippen molar-refractivity contribution in [1.29, 1.82) is 0 Å². The van der Waals surface area contributed by atoms with Crippen LogP contribution in [-0.4, -0.2) is 12.6 Å². The van der Waals surface area contributed by atoms with Crippen molar-refractivity contribution in [1.82, 2.24) is 0 Å². The summed E-state index contributed by atoms with van der Waals surface area (Å²) in [4.78, 5) is 14.5. The van der Waals surface area contributed by atoms with Gasteiger partial charge in [-0.3, -0.25) is 0 Å². The van der Waals surface area contributed by atoms with E-state index in [9.17, 15) is 9.18 Å². The van der Waals surface area contributed by atoms with Crippen LogP contribution in [0, 0.1) is 5.82 Å². The predicted octanol–water partition coefficient (Wildman–Crippen LogP) is 6.31. The van der Waals surface area contributed by atoms with Gasteiger partial charge in [-0.2, -0.15) is 0 Å². The highest BCUT2D eigenvalue weighted by Gasteiger charge is 2.24. The first-order chi connectivity index (χ1) is 13.5. The lowest BCUT2D eigenvalue weighted by Gasteiger charge is -2.18. The zero-order chi connectivity index (χ0) is 19.9. The average Bonchev–Trinajstić information content (AvgIpc) is 2.70. The Morgan fingerprint density at radius 3 is 2.11 bits per heavy atom. The molecule has 6 heteroatoms. The molecule has 0 saturated heterocycles. The second-order valence-corrected chi connectivity index (χ2v) is 7.41. The van der Waals surface area contributed by atoms with E-state index in [1.165, 1.54) is 24.3 Å². The van der Waals surface area contributed by atoms with E-state index in [1.54, 1.807) is 18.7 Å². The molecule has 0 aliphatic rings. The molecule has 1 unspecified atom stereocenters. The highest BCUT2D eigenvalue weighted by atomic mass is 35.5. The number of ether oxygens (including phenoxy) is 2. The summed E-state index contributed by atoms with van der Waals surface area (Å²) in [5.41, 5.74) is 0.656. The Morgan fingerprint density at radius 2 is 1.54 bits per heavy atom. The van der Waals surface area contributed by atoms with Gasteiger partial charge in [-0.05, 0) is 67.6 Å². The molecule has 3 aromatic rings. The number of rotatable bonds is 7. The van der Waals surface area contributed by atoms with Gasteiger partial charge in [0, 0.05) is 20.4 Å².